The van der Waals surface area contributed by atoms with Crippen LogP contribution in [-0.4, -0.2) is 11.9 Å². The van der Waals surface area contributed by atoms with E-state index in [9.17, 15) is 4.79 Å². The molecule has 1 atom stereocenters. The fourth-order valence-corrected chi connectivity index (χ4v) is 1.18. The fourth-order valence-electron chi connectivity index (χ4n) is 0.592. The molecular weight excluding hydrogens is 160 g/mol. The van der Waals surface area contributed by atoms with E-state index >= 15 is 0 Å². The van der Waals surface area contributed by atoms with Crippen LogP contribution in [0.4, 0.5) is 5.69 Å². The van der Waals surface area contributed by atoms with E-state index in [1.807, 2.05) is 16.8 Å². The number of rotatable bonds is 2. The summed E-state index contributed by atoms with van der Waals surface area (Å²) in [4.78, 5) is 11.0. The van der Waals surface area contributed by atoms with Gasteiger partial charge in [0.05, 0.1) is 11.7 Å². The second-order valence-electron chi connectivity index (χ2n) is 2.29. The summed E-state index contributed by atoms with van der Waals surface area (Å²) in [6.07, 6.45) is 0. The van der Waals surface area contributed by atoms with Crippen LogP contribution < -0.4 is 11.1 Å². The van der Waals surface area contributed by atoms with Crippen LogP contribution >= 0.6 is 11.3 Å². The van der Waals surface area contributed by atoms with Gasteiger partial charge in [0.15, 0.2) is 0 Å². The summed E-state index contributed by atoms with van der Waals surface area (Å²) in [5.74, 6) is -0.150. The lowest BCUT2D eigenvalue weighted by atomic mass is 10.3. The van der Waals surface area contributed by atoms with Gasteiger partial charge in [-0.15, -0.1) is 0 Å². The number of nitrogens with two attached hydrogens (primary N) is 1. The average Bonchev–Trinajstić information content (AvgIpc) is 2.39. The van der Waals surface area contributed by atoms with Gasteiger partial charge in [0.2, 0.25) is 5.91 Å². The average molecular weight is 170 g/mol. The SMILES string of the molecule is C[C@@H](N)C(=O)Nc1ccsc1. The maximum atomic E-state index is 11.0. The lowest BCUT2D eigenvalue weighted by Crippen LogP contribution is -2.32. The van der Waals surface area contributed by atoms with Crippen LogP contribution in [0.15, 0.2) is 16.8 Å². The molecule has 1 amide bonds. The molecule has 3 N–H and O–H groups in total. The van der Waals surface area contributed by atoms with Crippen molar-refractivity contribution in [2.45, 2.75) is 13.0 Å². The fraction of sp³-hybridized carbons (Fsp3) is 0.286. The molecule has 3 nitrogen and oxygen atoms in total. The molecule has 0 aromatic carbocycles. The highest BCUT2D eigenvalue weighted by atomic mass is 32.1. The van der Waals surface area contributed by atoms with Gasteiger partial charge in [-0.25, -0.2) is 0 Å². The van der Waals surface area contributed by atoms with E-state index in [4.69, 9.17) is 5.73 Å². The number of carbonyl (C=O) groups is 1. The molecule has 0 bridgehead atoms. The van der Waals surface area contributed by atoms with Gasteiger partial charge in [0, 0.05) is 5.38 Å². The van der Waals surface area contributed by atoms with Crippen molar-refractivity contribution in [2.75, 3.05) is 5.32 Å². The molecule has 0 unspecified atom stereocenters. The summed E-state index contributed by atoms with van der Waals surface area (Å²) < 4.78 is 0. The first-order valence-electron chi connectivity index (χ1n) is 3.29. The highest BCUT2D eigenvalue weighted by Crippen LogP contribution is 2.11. The highest BCUT2D eigenvalue weighted by Gasteiger charge is 2.06. The van der Waals surface area contributed by atoms with Crippen LogP contribution in [0.1, 0.15) is 6.92 Å². The first kappa shape index (κ1) is 8.23. The van der Waals surface area contributed by atoms with E-state index in [1.165, 1.54) is 11.3 Å². The smallest absolute Gasteiger partial charge is 0.241 e. The minimum absolute atomic E-state index is 0.150. The van der Waals surface area contributed by atoms with Crippen LogP contribution in [0.25, 0.3) is 0 Å². The molecular formula is C7H10N2OS. The van der Waals surface area contributed by atoms with Crippen molar-refractivity contribution < 1.29 is 4.79 Å². The second-order valence-corrected chi connectivity index (χ2v) is 3.07. The van der Waals surface area contributed by atoms with E-state index in [-0.39, 0.29) is 5.91 Å². The monoisotopic (exact) mass is 170 g/mol. The van der Waals surface area contributed by atoms with Crippen LogP contribution in [0, 0.1) is 0 Å². The van der Waals surface area contributed by atoms with Crippen LogP contribution in [0.2, 0.25) is 0 Å². The third kappa shape index (κ3) is 2.32. The molecule has 0 saturated carbocycles. The molecule has 60 valence electrons. The summed E-state index contributed by atoms with van der Waals surface area (Å²) >= 11 is 1.54. The Bertz CT molecular complexity index is 231. The standard InChI is InChI=1S/C7H10N2OS/c1-5(8)7(10)9-6-2-3-11-4-6/h2-5H,8H2,1H3,(H,9,10)/t5-/m1/s1. The van der Waals surface area contributed by atoms with E-state index in [1.54, 1.807) is 6.92 Å². The van der Waals surface area contributed by atoms with Crippen LogP contribution in [0.5, 0.6) is 0 Å². The molecule has 1 rings (SSSR count). The lowest BCUT2D eigenvalue weighted by Gasteiger charge is -2.04. The van der Waals surface area contributed by atoms with Crippen LogP contribution in [0.3, 0.4) is 0 Å². The lowest BCUT2D eigenvalue weighted by molar-refractivity contribution is -0.117. The number of carbonyl (C=O) groups excluding carboxylic acids is 1. The summed E-state index contributed by atoms with van der Waals surface area (Å²) in [6, 6.07) is 1.39. The second kappa shape index (κ2) is 3.50. The Morgan fingerprint density at radius 1 is 1.82 bits per heavy atom. The number of hydrogen-bond donors (Lipinski definition) is 2. The Kier molecular flexibility index (Phi) is 2.62. The molecule has 0 saturated heterocycles. The first-order chi connectivity index (χ1) is 5.20. The van der Waals surface area contributed by atoms with Gasteiger partial charge in [-0.3, -0.25) is 4.79 Å². The molecule has 0 aliphatic heterocycles. The van der Waals surface area contributed by atoms with Crippen molar-refractivity contribution in [3.63, 3.8) is 0 Å². The minimum atomic E-state index is -0.449. The van der Waals surface area contributed by atoms with E-state index in [2.05, 4.69) is 5.32 Å². The topological polar surface area (TPSA) is 55.1 Å². The molecule has 4 heteroatoms. The van der Waals surface area contributed by atoms with E-state index in [0.29, 0.717) is 0 Å². The molecule has 0 fully saturated rings. The van der Waals surface area contributed by atoms with Gasteiger partial charge >= 0.3 is 0 Å². The highest BCUT2D eigenvalue weighted by molar-refractivity contribution is 7.08. The Morgan fingerprint density at radius 2 is 2.55 bits per heavy atom. The molecule has 0 radical (unpaired) electrons. The number of nitrogens with one attached hydrogen (secondary N) is 1. The minimum Gasteiger partial charge on any atom is -0.324 e. The quantitative estimate of drug-likeness (QED) is 0.696. The number of amides is 1. The maximum Gasteiger partial charge on any atom is 0.241 e. The van der Waals surface area contributed by atoms with Crippen molar-refractivity contribution in [1.29, 1.82) is 0 Å². The molecule has 0 aliphatic carbocycles. The summed E-state index contributed by atoms with van der Waals surface area (Å²) in [5.41, 5.74) is 6.16. The Hall–Kier alpha value is -0.870. The van der Waals surface area contributed by atoms with Crippen molar-refractivity contribution in [3.05, 3.63) is 16.8 Å². The van der Waals surface area contributed by atoms with Gasteiger partial charge < -0.3 is 11.1 Å². The summed E-state index contributed by atoms with van der Waals surface area (Å²) in [6.45, 7) is 1.65. The zero-order valence-electron chi connectivity index (χ0n) is 6.20. The molecule has 1 aromatic rings. The Balaban J connectivity index is 2.50. The van der Waals surface area contributed by atoms with Gasteiger partial charge in [0.1, 0.15) is 0 Å². The molecule has 1 aromatic heterocycles. The predicted molar refractivity (Wildman–Crippen MR) is 46.6 cm³/mol. The van der Waals surface area contributed by atoms with Crippen molar-refractivity contribution >= 4 is 22.9 Å². The third-order valence-corrected chi connectivity index (χ3v) is 1.89. The van der Waals surface area contributed by atoms with Crippen molar-refractivity contribution in [2.24, 2.45) is 5.73 Å². The first-order valence-corrected chi connectivity index (χ1v) is 4.23. The molecule has 1 heterocycles. The molecule has 0 spiro atoms. The Morgan fingerprint density at radius 3 is 3.00 bits per heavy atom. The zero-order chi connectivity index (χ0) is 8.27. The third-order valence-electron chi connectivity index (χ3n) is 1.20. The van der Waals surface area contributed by atoms with E-state index in [0.717, 1.165) is 5.69 Å². The summed E-state index contributed by atoms with van der Waals surface area (Å²) in [7, 11) is 0. The van der Waals surface area contributed by atoms with Crippen LogP contribution in [-0.2, 0) is 4.79 Å². The number of thiophene rings is 1. The van der Waals surface area contributed by atoms with Crippen molar-refractivity contribution in [1.82, 2.24) is 0 Å². The van der Waals surface area contributed by atoms with Gasteiger partial charge in [-0.1, -0.05) is 0 Å². The molecule has 0 aliphatic rings. The number of anilines is 1. The normalized spacial score (nSPS) is 12.5. The molecule has 11 heavy (non-hydrogen) atoms. The van der Waals surface area contributed by atoms with E-state index < -0.39 is 6.04 Å². The van der Waals surface area contributed by atoms with Gasteiger partial charge in [-0.2, -0.15) is 11.3 Å². The van der Waals surface area contributed by atoms with Gasteiger partial charge in [-0.05, 0) is 18.4 Å². The number of hydrogen-bond acceptors (Lipinski definition) is 3. The van der Waals surface area contributed by atoms with Crippen molar-refractivity contribution in [3.8, 4) is 0 Å². The largest absolute Gasteiger partial charge is 0.324 e. The maximum absolute atomic E-state index is 11.0. The Labute approximate surface area is 69.2 Å². The zero-order valence-corrected chi connectivity index (χ0v) is 7.02. The summed E-state index contributed by atoms with van der Waals surface area (Å²) in [5, 5.41) is 6.43. The van der Waals surface area contributed by atoms with Gasteiger partial charge in [0.25, 0.3) is 0 Å². The predicted octanol–water partition coefficient (Wildman–Crippen LogP) is 1.03.